The van der Waals surface area contributed by atoms with Crippen LogP contribution in [0.3, 0.4) is 0 Å². The Morgan fingerprint density at radius 2 is 1.58 bits per heavy atom. The van der Waals surface area contributed by atoms with Crippen molar-refractivity contribution < 1.29 is 24.3 Å². The van der Waals surface area contributed by atoms with Crippen molar-refractivity contribution in [1.29, 1.82) is 0 Å². The molecule has 1 heterocycles. The number of nitrogens with one attached hydrogen (secondary N) is 1. The van der Waals surface area contributed by atoms with Crippen LogP contribution in [-0.4, -0.2) is 63.0 Å². The zero-order valence-corrected chi connectivity index (χ0v) is 19.9. The summed E-state index contributed by atoms with van der Waals surface area (Å²) in [5.41, 5.74) is 0.712. The number of carbonyl (C=O) groups is 4. The van der Waals surface area contributed by atoms with Crippen LogP contribution in [0, 0.1) is 5.92 Å². The summed E-state index contributed by atoms with van der Waals surface area (Å²) in [6.07, 6.45) is 0.787. The molecule has 3 atom stereocenters. The van der Waals surface area contributed by atoms with Gasteiger partial charge in [0.25, 0.3) is 0 Å². The van der Waals surface area contributed by atoms with Gasteiger partial charge < -0.3 is 0 Å². The van der Waals surface area contributed by atoms with E-state index in [1.54, 1.807) is 19.2 Å². The normalized spacial score (nSPS) is 15.7. The summed E-state index contributed by atoms with van der Waals surface area (Å²) >= 11 is -1.19. The molecule has 31 heavy (non-hydrogen) atoms. The van der Waals surface area contributed by atoms with Crippen molar-refractivity contribution in [3.05, 3.63) is 47.5 Å². The third kappa shape index (κ3) is 4.98. The summed E-state index contributed by atoms with van der Waals surface area (Å²) < 4.78 is -1.01. The van der Waals surface area contributed by atoms with Gasteiger partial charge in [-0.2, -0.15) is 0 Å². The fourth-order valence-electron chi connectivity index (χ4n) is 3.86. The summed E-state index contributed by atoms with van der Waals surface area (Å²) in [6, 6.07) is 10.9. The predicted molar refractivity (Wildman–Crippen MR) is 120 cm³/mol. The van der Waals surface area contributed by atoms with Crippen molar-refractivity contribution in [2.24, 2.45) is 5.92 Å². The quantitative estimate of drug-likeness (QED) is 0.419. The fraction of sp³-hybridized carbons (Fsp3) is 0.391. The average molecular weight is 486 g/mol. The van der Waals surface area contributed by atoms with E-state index < -0.39 is 26.4 Å². The van der Waals surface area contributed by atoms with Gasteiger partial charge in [0.15, 0.2) is 0 Å². The summed E-state index contributed by atoms with van der Waals surface area (Å²) in [5.74, 6) is -1.61. The second kappa shape index (κ2) is 9.65. The number of nitrogens with zero attached hydrogens (tertiary/aromatic N) is 1. The molecule has 1 aliphatic rings. The van der Waals surface area contributed by atoms with Gasteiger partial charge in [-0.05, 0) is 0 Å². The second-order valence-electron chi connectivity index (χ2n) is 8.15. The zero-order chi connectivity index (χ0) is 22.7. The van der Waals surface area contributed by atoms with Crippen molar-refractivity contribution in [3.63, 3.8) is 0 Å². The van der Waals surface area contributed by atoms with Crippen molar-refractivity contribution >= 4 is 50.2 Å². The third-order valence-corrected chi connectivity index (χ3v) is 9.31. The molecule has 3 amide bonds. The molecule has 0 aromatic heterocycles. The van der Waals surface area contributed by atoms with Gasteiger partial charge in [0, 0.05) is 0 Å². The number of fused-ring (bicyclic) bond motifs is 2. The van der Waals surface area contributed by atoms with Crippen LogP contribution in [0.1, 0.15) is 47.4 Å². The summed E-state index contributed by atoms with van der Waals surface area (Å²) in [5, 5.41) is 14.1. The van der Waals surface area contributed by atoms with E-state index in [9.17, 15) is 24.3 Å². The summed E-state index contributed by atoms with van der Waals surface area (Å²) in [7, 11) is 1.56. The molecule has 1 aliphatic heterocycles. The SMILES string of the molecule is CNC(=O)[C@H](CC(C)C)[AsH][C@H](CCN1C(=O)c2cc3ccccc3cc2C1=O)C(=O)O. The van der Waals surface area contributed by atoms with Crippen LogP contribution in [0.15, 0.2) is 36.4 Å². The number of benzene rings is 2. The van der Waals surface area contributed by atoms with Gasteiger partial charge >= 0.3 is 188 Å². The average Bonchev–Trinajstić information content (AvgIpc) is 2.97. The molecule has 0 bridgehead atoms. The van der Waals surface area contributed by atoms with Gasteiger partial charge in [0.05, 0.1) is 0 Å². The van der Waals surface area contributed by atoms with Gasteiger partial charge in [-0.25, -0.2) is 0 Å². The molecule has 8 heteroatoms. The predicted octanol–water partition coefficient (Wildman–Crippen LogP) is 2.72. The minimum atomic E-state index is -1.19. The first-order valence-electron chi connectivity index (χ1n) is 10.3. The Hall–Kier alpha value is -2.66. The molecule has 0 spiro atoms. The number of imide groups is 1. The molecule has 0 saturated carbocycles. The van der Waals surface area contributed by atoms with Crippen molar-refractivity contribution in [2.45, 2.75) is 36.1 Å². The van der Waals surface area contributed by atoms with Crippen molar-refractivity contribution in [1.82, 2.24) is 10.2 Å². The molecular weight excluding hydrogens is 459 g/mol. The molecule has 7 nitrogen and oxygen atoms in total. The van der Waals surface area contributed by atoms with Crippen LogP contribution in [0.25, 0.3) is 10.8 Å². The van der Waals surface area contributed by atoms with E-state index in [0.717, 1.165) is 15.7 Å². The van der Waals surface area contributed by atoms with Crippen LogP contribution >= 0.6 is 0 Å². The van der Waals surface area contributed by atoms with E-state index >= 15 is 0 Å². The molecule has 164 valence electrons. The molecule has 3 rings (SSSR count). The van der Waals surface area contributed by atoms with Gasteiger partial charge in [-0.1, -0.05) is 0 Å². The van der Waals surface area contributed by atoms with Gasteiger partial charge in [-0.15, -0.1) is 0 Å². The first-order valence-corrected chi connectivity index (χ1v) is 12.7. The number of carbonyl (C=O) groups excluding carboxylic acids is 3. The number of hydrogen-bond acceptors (Lipinski definition) is 4. The molecule has 2 aromatic rings. The van der Waals surface area contributed by atoms with Gasteiger partial charge in [0.1, 0.15) is 0 Å². The van der Waals surface area contributed by atoms with Gasteiger partial charge in [-0.3, -0.25) is 0 Å². The number of carboxylic acids is 1. The van der Waals surface area contributed by atoms with E-state index in [0.29, 0.717) is 17.5 Å². The Labute approximate surface area is 187 Å². The van der Waals surface area contributed by atoms with Crippen molar-refractivity contribution in [2.75, 3.05) is 13.6 Å². The Bertz CT molecular complexity index is 981. The van der Waals surface area contributed by atoms with E-state index in [2.05, 4.69) is 5.32 Å². The number of carboxylic acid groups (broad SMARTS) is 1. The Kier molecular flexibility index (Phi) is 7.16. The van der Waals surface area contributed by atoms with Crippen LogP contribution in [0.5, 0.6) is 0 Å². The number of hydrogen-bond donors (Lipinski definition) is 2. The van der Waals surface area contributed by atoms with E-state index in [4.69, 9.17) is 0 Å². The molecule has 0 radical (unpaired) electrons. The molecular formula is C23H27AsN2O5. The van der Waals surface area contributed by atoms with Crippen LogP contribution in [-0.2, 0) is 9.59 Å². The molecule has 0 saturated heterocycles. The number of amides is 3. The molecule has 2 N–H and O–H groups in total. The number of aliphatic carboxylic acids is 1. The van der Waals surface area contributed by atoms with Gasteiger partial charge in [0.2, 0.25) is 0 Å². The summed E-state index contributed by atoms with van der Waals surface area (Å²) in [4.78, 5) is 51.0. The van der Waals surface area contributed by atoms with Crippen LogP contribution in [0.2, 0.25) is 9.41 Å². The fourth-order valence-corrected chi connectivity index (χ4v) is 7.69. The minimum absolute atomic E-state index is 0.0330. The van der Waals surface area contributed by atoms with E-state index in [-0.39, 0.29) is 41.3 Å². The van der Waals surface area contributed by atoms with Crippen LogP contribution in [0.4, 0.5) is 0 Å². The molecule has 2 aromatic carbocycles. The first kappa shape index (κ1) is 23.0. The Morgan fingerprint density at radius 1 is 1.03 bits per heavy atom. The maximum absolute atomic E-state index is 12.9. The maximum atomic E-state index is 12.9. The summed E-state index contributed by atoms with van der Waals surface area (Å²) in [6.45, 7) is 4.03. The first-order chi connectivity index (χ1) is 14.7. The third-order valence-electron chi connectivity index (χ3n) is 5.45. The Balaban J connectivity index is 1.75. The standard InChI is InChI=1S/C23H27AsN2O5/c1-13(2)10-19(20(27)25-3)24-18(23(30)31)8-9-26-21(28)16-11-14-6-4-5-7-15(14)12-17(16)22(26)29/h4-7,11-13,18-19,24H,8-10H2,1-3H3,(H,25,27)(H,30,31)/t18-,19+/m1/s1. The van der Waals surface area contributed by atoms with E-state index in [1.165, 1.54) is 0 Å². The van der Waals surface area contributed by atoms with Crippen molar-refractivity contribution in [3.8, 4) is 0 Å². The van der Waals surface area contributed by atoms with E-state index in [1.807, 2.05) is 38.1 Å². The zero-order valence-electron chi connectivity index (χ0n) is 17.8. The Morgan fingerprint density at radius 3 is 2.03 bits per heavy atom. The second-order valence-corrected chi connectivity index (χ2v) is 11.8. The molecule has 0 aliphatic carbocycles. The van der Waals surface area contributed by atoms with Crippen LogP contribution < -0.4 is 5.32 Å². The molecule has 0 fully saturated rings. The number of rotatable bonds is 9. The monoisotopic (exact) mass is 486 g/mol. The molecule has 1 unspecified atom stereocenters. The topological polar surface area (TPSA) is 104 Å².